The summed E-state index contributed by atoms with van der Waals surface area (Å²) in [5.74, 6) is 0.850. The summed E-state index contributed by atoms with van der Waals surface area (Å²) in [6.45, 7) is 2.09. The summed E-state index contributed by atoms with van der Waals surface area (Å²) in [6.07, 6.45) is 1.64. The van der Waals surface area contributed by atoms with Crippen LogP contribution in [-0.4, -0.2) is 21.6 Å². The highest BCUT2D eigenvalue weighted by Crippen LogP contribution is 2.35. The van der Waals surface area contributed by atoms with Crippen LogP contribution in [-0.2, 0) is 7.05 Å². The number of fused-ring (bicyclic) bond motifs is 1. The van der Waals surface area contributed by atoms with Crippen molar-refractivity contribution >= 4 is 22.8 Å². The maximum absolute atomic E-state index is 5.26. The Morgan fingerprint density at radius 2 is 1.69 bits per heavy atom. The van der Waals surface area contributed by atoms with Gasteiger partial charge in [0.05, 0.1) is 18.2 Å². The third kappa shape index (κ3) is 3.06. The zero-order valence-corrected chi connectivity index (χ0v) is 15.7. The quantitative estimate of drug-likeness (QED) is 0.474. The Balaban J connectivity index is 1.77. The van der Waals surface area contributed by atoms with Crippen LogP contribution in [0.25, 0.3) is 22.3 Å². The first kappa shape index (κ1) is 16.7. The number of aryl methyl sites for hydroxylation is 2. The Bertz CT molecular complexity index is 1050. The van der Waals surface area contributed by atoms with Gasteiger partial charge in [-0.05, 0) is 55.0 Å². The fourth-order valence-electron chi connectivity index (χ4n) is 2.95. The van der Waals surface area contributed by atoms with Crippen LogP contribution >= 0.6 is 11.8 Å². The van der Waals surface area contributed by atoms with E-state index in [1.807, 2.05) is 19.2 Å². The number of hydrogen-bond acceptors (Lipinski definition) is 4. The van der Waals surface area contributed by atoms with E-state index in [1.165, 1.54) is 10.5 Å². The highest BCUT2D eigenvalue weighted by Gasteiger charge is 2.14. The summed E-state index contributed by atoms with van der Waals surface area (Å²) in [7, 11) is 3.71. The molecule has 4 aromatic rings. The molecule has 26 heavy (non-hydrogen) atoms. The largest absolute Gasteiger partial charge is 0.497 e. The van der Waals surface area contributed by atoms with E-state index in [0.717, 1.165) is 33.1 Å². The number of aromatic nitrogens is 3. The highest BCUT2D eigenvalue weighted by molar-refractivity contribution is 7.99. The second-order valence-electron chi connectivity index (χ2n) is 6.15. The lowest BCUT2D eigenvalue weighted by Gasteiger charge is -2.05. The minimum absolute atomic E-state index is 0.850. The summed E-state index contributed by atoms with van der Waals surface area (Å²) >= 11 is 1.66. The topological polar surface area (TPSA) is 39.9 Å². The lowest BCUT2D eigenvalue weighted by atomic mass is 10.1. The van der Waals surface area contributed by atoms with E-state index < -0.39 is 0 Å². The molecule has 4 nitrogen and oxygen atoms in total. The van der Waals surface area contributed by atoms with Gasteiger partial charge in [0, 0.05) is 11.9 Å². The van der Waals surface area contributed by atoms with Gasteiger partial charge in [-0.3, -0.25) is 0 Å². The van der Waals surface area contributed by atoms with Crippen molar-refractivity contribution < 1.29 is 4.74 Å². The van der Waals surface area contributed by atoms with Gasteiger partial charge in [-0.1, -0.05) is 29.5 Å². The van der Waals surface area contributed by atoms with Crippen molar-refractivity contribution in [3.05, 3.63) is 66.5 Å². The van der Waals surface area contributed by atoms with Gasteiger partial charge in [0.2, 0.25) is 0 Å². The van der Waals surface area contributed by atoms with Crippen LogP contribution in [0.4, 0.5) is 0 Å². The average Bonchev–Trinajstić information content (AvgIpc) is 3.02. The second kappa shape index (κ2) is 6.84. The molecule has 0 bridgehead atoms. The summed E-state index contributed by atoms with van der Waals surface area (Å²) in [5.41, 5.74) is 4.41. The fraction of sp³-hybridized carbons (Fsp3) is 0.143. The van der Waals surface area contributed by atoms with E-state index in [0.29, 0.717) is 0 Å². The lowest BCUT2D eigenvalue weighted by molar-refractivity contribution is 0.415. The average molecular weight is 361 g/mol. The standard InChI is InChI=1S/C21H19N3OS/c1-14-4-10-17(11-5-14)26-21-18-12-19(24(2)20(18)22-13-23-21)15-6-8-16(25-3)9-7-15/h4-13H,1-3H3. The maximum atomic E-state index is 5.26. The Kier molecular flexibility index (Phi) is 4.39. The molecule has 0 saturated heterocycles. The van der Waals surface area contributed by atoms with Crippen LogP contribution < -0.4 is 4.74 Å². The van der Waals surface area contributed by atoms with Gasteiger partial charge in [-0.15, -0.1) is 0 Å². The lowest BCUT2D eigenvalue weighted by Crippen LogP contribution is -1.94. The molecule has 2 aromatic heterocycles. The van der Waals surface area contributed by atoms with E-state index in [-0.39, 0.29) is 0 Å². The summed E-state index contributed by atoms with van der Waals surface area (Å²) in [4.78, 5) is 10.2. The van der Waals surface area contributed by atoms with Crippen LogP contribution in [0, 0.1) is 6.92 Å². The van der Waals surface area contributed by atoms with Crippen molar-refractivity contribution in [2.75, 3.05) is 7.11 Å². The van der Waals surface area contributed by atoms with Gasteiger partial charge in [0.25, 0.3) is 0 Å². The molecule has 130 valence electrons. The molecule has 0 saturated carbocycles. The fourth-order valence-corrected chi connectivity index (χ4v) is 3.81. The number of benzene rings is 2. The highest BCUT2D eigenvalue weighted by atomic mass is 32.2. The zero-order chi connectivity index (χ0) is 18.1. The van der Waals surface area contributed by atoms with Crippen LogP contribution in [0.15, 0.2) is 70.8 Å². The normalized spacial score (nSPS) is 11.0. The third-order valence-electron chi connectivity index (χ3n) is 4.41. The zero-order valence-electron chi connectivity index (χ0n) is 14.9. The van der Waals surface area contributed by atoms with E-state index in [4.69, 9.17) is 4.74 Å². The monoisotopic (exact) mass is 361 g/mol. The first-order chi connectivity index (χ1) is 12.7. The molecule has 4 rings (SSSR count). The summed E-state index contributed by atoms with van der Waals surface area (Å²) < 4.78 is 7.36. The molecule has 0 aliphatic rings. The molecule has 0 radical (unpaired) electrons. The Morgan fingerprint density at radius 3 is 2.38 bits per heavy atom. The van der Waals surface area contributed by atoms with Crippen molar-refractivity contribution in [1.29, 1.82) is 0 Å². The smallest absolute Gasteiger partial charge is 0.144 e. The number of methoxy groups -OCH3 is 1. The Morgan fingerprint density at radius 1 is 0.962 bits per heavy atom. The molecule has 0 spiro atoms. The maximum Gasteiger partial charge on any atom is 0.144 e. The third-order valence-corrected chi connectivity index (χ3v) is 5.43. The van der Waals surface area contributed by atoms with Gasteiger partial charge in [0.1, 0.15) is 22.7 Å². The van der Waals surface area contributed by atoms with E-state index >= 15 is 0 Å². The first-order valence-corrected chi connectivity index (χ1v) is 9.17. The number of rotatable bonds is 4. The van der Waals surface area contributed by atoms with Crippen molar-refractivity contribution in [3.63, 3.8) is 0 Å². The Hall–Kier alpha value is -2.79. The molecule has 5 heteroatoms. The Labute approximate surface area is 156 Å². The van der Waals surface area contributed by atoms with Crippen molar-refractivity contribution in [2.45, 2.75) is 16.8 Å². The minimum Gasteiger partial charge on any atom is -0.497 e. The first-order valence-electron chi connectivity index (χ1n) is 8.35. The van der Waals surface area contributed by atoms with Gasteiger partial charge >= 0.3 is 0 Å². The van der Waals surface area contributed by atoms with Gasteiger partial charge in [0.15, 0.2) is 0 Å². The molecular weight excluding hydrogens is 342 g/mol. The molecule has 2 heterocycles. The van der Waals surface area contributed by atoms with E-state index in [1.54, 1.807) is 25.2 Å². The van der Waals surface area contributed by atoms with Gasteiger partial charge in [-0.2, -0.15) is 0 Å². The summed E-state index contributed by atoms with van der Waals surface area (Å²) in [5, 5.41) is 2.03. The molecule has 2 aromatic carbocycles. The van der Waals surface area contributed by atoms with Gasteiger partial charge < -0.3 is 9.30 Å². The predicted octanol–water partition coefficient (Wildman–Crippen LogP) is 5.10. The van der Waals surface area contributed by atoms with Gasteiger partial charge in [-0.25, -0.2) is 9.97 Å². The van der Waals surface area contributed by atoms with Crippen LogP contribution in [0.3, 0.4) is 0 Å². The molecule has 0 amide bonds. The van der Waals surface area contributed by atoms with Crippen LogP contribution in [0.2, 0.25) is 0 Å². The van der Waals surface area contributed by atoms with Crippen molar-refractivity contribution in [2.24, 2.45) is 7.05 Å². The SMILES string of the molecule is COc1ccc(-c2cc3c(Sc4ccc(C)cc4)ncnc3n2C)cc1. The summed E-state index contributed by atoms with van der Waals surface area (Å²) in [6, 6.07) is 18.7. The molecule has 0 aliphatic carbocycles. The van der Waals surface area contributed by atoms with E-state index in [9.17, 15) is 0 Å². The molecular formula is C21H19N3OS. The van der Waals surface area contributed by atoms with Crippen LogP contribution in [0.1, 0.15) is 5.56 Å². The molecule has 0 atom stereocenters. The van der Waals surface area contributed by atoms with E-state index in [2.05, 4.69) is 63.9 Å². The van der Waals surface area contributed by atoms with Crippen molar-refractivity contribution in [3.8, 4) is 17.0 Å². The van der Waals surface area contributed by atoms with Crippen molar-refractivity contribution in [1.82, 2.24) is 14.5 Å². The number of ether oxygens (including phenoxy) is 1. The molecule has 0 fully saturated rings. The molecule has 0 aliphatic heterocycles. The minimum atomic E-state index is 0.850. The predicted molar refractivity (Wildman–Crippen MR) is 106 cm³/mol. The molecule has 0 unspecified atom stereocenters. The number of hydrogen-bond donors (Lipinski definition) is 0. The number of nitrogens with zero attached hydrogens (tertiary/aromatic N) is 3. The van der Waals surface area contributed by atoms with Crippen LogP contribution in [0.5, 0.6) is 5.75 Å². The second-order valence-corrected chi connectivity index (χ2v) is 7.21. The molecule has 0 N–H and O–H groups in total.